The van der Waals surface area contributed by atoms with Gasteiger partial charge in [-0.3, -0.25) is 4.90 Å². The average Bonchev–Trinajstić information content (AvgIpc) is 2.47. The molecule has 0 aromatic heterocycles. The van der Waals surface area contributed by atoms with Gasteiger partial charge in [0.05, 0.1) is 4.90 Å². The lowest BCUT2D eigenvalue weighted by atomic mass is 10.0. The molecule has 2 aliphatic heterocycles. The number of nitrogens with zero attached hydrogens (tertiary/aromatic N) is 2. The lowest BCUT2D eigenvalue weighted by Crippen LogP contribution is -2.56. The van der Waals surface area contributed by atoms with E-state index in [1.54, 1.807) is 4.31 Å². The van der Waals surface area contributed by atoms with Crippen molar-refractivity contribution in [2.45, 2.75) is 30.2 Å². The van der Waals surface area contributed by atoms with E-state index in [2.05, 4.69) is 4.90 Å². The molecule has 1 aromatic rings. The van der Waals surface area contributed by atoms with Gasteiger partial charge in [0.2, 0.25) is 10.0 Å². The summed E-state index contributed by atoms with van der Waals surface area (Å²) in [7, 11) is -3.49. The first kappa shape index (κ1) is 14.0. The molecule has 2 aliphatic rings. The summed E-state index contributed by atoms with van der Waals surface area (Å²) in [5.41, 5.74) is 0. The van der Waals surface area contributed by atoms with E-state index in [4.69, 9.17) is 0 Å². The Morgan fingerprint density at radius 3 is 2.55 bits per heavy atom. The van der Waals surface area contributed by atoms with Crippen molar-refractivity contribution >= 4 is 10.0 Å². The minimum Gasteiger partial charge on any atom is -0.298 e. The summed E-state index contributed by atoms with van der Waals surface area (Å²) in [5.74, 6) is -0.416. The smallest absolute Gasteiger partial charge is 0.243 e. The molecular formula is C14H19FN2O2S. The Kier molecular flexibility index (Phi) is 3.79. The van der Waals surface area contributed by atoms with Crippen molar-refractivity contribution < 1.29 is 12.8 Å². The van der Waals surface area contributed by atoms with Crippen LogP contribution in [0.4, 0.5) is 4.39 Å². The number of halogens is 1. The highest BCUT2D eigenvalue weighted by Gasteiger charge is 2.34. The highest BCUT2D eigenvalue weighted by atomic mass is 32.2. The predicted molar refractivity (Wildman–Crippen MR) is 74.4 cm³/mol. The molecule has 0 bridgehead atoms. The molecule has 1 aromatic carbocycles. The number of fused-ring (bicyclic) bond motifs is 1. The number of rotatable bonds is 2. The van der Waals surface area contributed by atoms with Crippen LogP contribution >= 0.6 is 0 Å². The van der Waals surface area contributed by atoms with Crippen molar-refractivity contribution in [3.8, 4) is 0 Å². The zero-order chi connectivity index (χ0) is 14.2. The number of hydrogen-bond acceptors (Lipinski definition) is 3. The highest BCUT2D eigenvalue weighted by Crippen LogP contribution is 2.25. The molecule has 4 nitrogen and oxygen atoms in total. The fourth-order valence-corrected chi connectivity index (χ4v) is 4.57. The third-order valence-electron chi connectivity index (χ3n) is 4.25. The van der Waals surface area contributed by atoms with Crippen LogP contribution < -0.4 is 0 Å². The van der Waals surface area contributed by atoms with Crippen LogP contribution in [0.15, 0.2) is 29.2 Å². The number of sulfonamides is 1. The summed E-state index contributed by atoms with van der Waals surface area (Å²) in [5, 5.41) is 0. The van der Waals surface area contributed by atoms with Crippen molar-refractivity contribution in [1.29, 1.82) is 0 Å². The Labute approximate surface area is 119 Å². The van der Waals surface area contributed by atoms with Crippen LogP contribution in [0.3, 0.4) is 0 Å². The van der Waals surface area contributed by atoms with E-state index >= 15 is 0 Å². The maximum absolute atomic E-state index is 12.9. The lowest BCUT2D eigenvalue weighted by Gasteiger charge is -2.43. The fraction of sp³-hybridized carbons (Fsp3) is 0.571. The summed E-state index contributed by atoms with van der Waals surface area (Å²) in [6.07, 6.45) is 3.45. The monoisotopic (exact) mass is 298 g/mol. The summed E-state index contributed by atoms with van der Waals surface area (Å²) in [6, 6.07) is 5.43. The van der Waals surface area contributed by atoms with Gasteiger partial charge in [-0.15, -0.1) is 0 Å². The number of piperidine rings is 1. The van der Waals surface area contributed by atoms with Crippen LogP contribution in [0.5, 0.6) is 0 Å². The Hall–Kier alpha value is -0.980. The SMILES string of the molecule is O=S(=O)(c1ccc(F)cc1)N1CCN2CCCCC2C1. The largest absolute Gasteiger partial charge is 0.298 e. The van der Waals surface area contributed by atoms with Gasteiger partial charge in [0.1, 0.15) is 5.82 Å². The molecule has 0 radical (unpaired) electrons. The summed E-state index contributed by atoms with van der Waals surface area (Å²) in [6.45, 7) is 2.95. The molecule has 0 N–H and O–H groups in total. The van der Waals surface area contributed by atoms with Crippen LogP contribution in [0, 0.1) is 5.82 Å². The van der Waals surface area contributed by atoms with E-state index in [0.29, 0.717) is 19.1 Å². The molecule has 6 heteroatoms. The van der Waals surface area contributed by atoms with Crippen LogP contribution in [0.25, 0.3) is 0 Å². The van der Waals surface area contributed by atoms with Gasteiger partial charge in [0.25, 0.3) is 0 Å². The summed E-state index contributed by atoms with van der Waals surface area (Å²) in [4.78, 5) is 2.57. The van der Waals surface area contributed by atoms with Gasteiger partial charge < -0.3 is 0 Å². The zero-order valence-corrected chi connectivity index (χ0v) is 12.2. The number of benzene rings is 1. The van der Waals surface area contributed by atoms with Gasteiger partial charge in [0.15, 0.2) is 0 Å². The standard InChI is InChI=1S/C14H19FN2O2S/c15-12-4-6-14(7-5-12)20(18,19)17-10-9-16-8-2-1-3-13(16)11-17/h4-7,13H,1-3,8-11H2. The summed E-state index contributed by atoms with van der Waals surface area (Å²) < 4.78 is 39.6. The quantitative estimate of drug-likeness (QED) is 0.834. The molecule has 20 heavy (non-hydrogen) atoms. The van der Waals surface area contributed by atoms with Crippen LogP contribution in [-0.2, 0) is 10.0 Å². The molecule has 2 heterocycles. The topological polar surface area (TPSA) is 40.6 Å². The fourth-order valence-electron chi connectivity index (χ4n) is 3.10. The van der Waals surface area contributed by atoms with Gasteiger partial charge >= 0.3 is 0 Å². The molecule has 2 fully saturated rings. The minimum atomic E-state index is -3.49. The number of piperazine rings is 1. The summed E-state index contributed by atoms with van der Waals surface area (Å²) >= 11 is 0. The van der Waals surface area contributed by atoms with Crippen molar-refractivity contribution in [3.05, 3.63) is 30.1 Å². The minimum absolute atomic E-state index is 0.183. The molecule has 0 saturated carbocycles. The maximum atomic E-state index is 12.9. The van der Waals surface area contributed by atoms with E-state index in [0.717, 1.165) is 19.5 Å². The van der Waals surface area contributed by atoms with Crippen molar-refractivity contribution in [1.82, 2.24) is 9.21 Å². The van der Waals surface area contributed by atoms with Crippen molar-refractivity contribution in [3.63, 3.8) is 0 Å². The molecular weight excluding hydrogens is 279 g/mol. The first-order valence-corrected chi connectivity index (χ1v) is 8.51. The second-order valence-electron chi connectivity index (χ2n) is 5.50. The Balaban J connectivity index is 1.79. The van der Waals surface area contributed by atoms with Crippen LogP contribution in [0.2, 0.25) is 0 Å². The van der Waals surface area contributed by atoms with E-state index in [1.807, 2.05) is 0 Å². The number of hydrogen-bond donors (Lipinski definition) is 0. The predicted octanol–water partition coefficient (Wildman–Crippen LogP) is 1.68. The van der Waals surface area contributed by atoms with Gasteiger partial charge in [-0.1, -0.05) is 6.42 Å². The first-order chi connectivity index (χ1) is 9.57. The first-order valence-electron chi connectivity index (χ1n) is 7.07. The Morgan fingerprint density at radius 2 is 1.80 bits per heavy atom. The van der Waals surface area contributed by atoms with Gasteiger partial charge in [0, 0.05) is 25.7 Å². The normalized spacial score (nSPS) is 25.4. The highest BCUT2D eigenvalue weighted by molar-refractivity contribution is 7.89. The van der Waals surface area contributed by atoms with Crippen LogP contribution in [-0.4, -0.2) is 49.8 Å². The van der Waals surface area contributed by atoms with Crippen molar-refractivity contribution in [2.24, 2.45) is 0 Å². The molecule has 0 amide bonds. The Bertz CT molecular complexity index is 573. The molecule has 1 atom stereocenters. The molecule has 0 spiro atoms. The van der Waals surface area contributed by atoms with E-state index in [-0.39, 0.29) is 4.90 Å². The van der Waals surface area contributed by atoms with Gasteiger partial charge in [-0.05, 0) is 43.7 Å². The van der Waals surface area contributed by atoms with Crippen molar-refractivity contribution in [2.75, 3.05) is 26.2 Å². The second kappa shape index (κ2) is 5.42. The molecule has 0 aliphatic carbocycles. The van der Waals surface area contributed by atoms with Gasteiger partial charge in [-0.2, -0.15) is 4.31 Å². The average molecular weight is 298 g/mol. The molecule has 3 rings (SSSR count). The van der Waals surface area contributed by atoms with E-state index < -0.39 is 15.8 Å². The molecule has 2 saturated heterocycles. The second-order valence-corrected chi connectivity index (χ2v) is 7.44. The third-order valence-corrected chi connectivity index (χ3v) is 6.13. The van der Waals surface area contributed by atoms with E-state index in [1.165, 1.54) is 37.1 Å². The van der Waals surface area contributed by atoms with E-state index in [9.17, 15) is 12.8 Å². The van der Waals surface area contributed by atoms with Crippen LogP contribution in [0.1, 0.15) is 19.3 Å². The zero-order valence-electron chi connectivity index (χ0n) is 11.3. The third kappa shape index (κ3) is 2.60. The maximum Gasteiger partial charge on any atom is 0.243 e. The molecule has 110 valence electrons. The Morgan fingerprint density at radius 1 is 1.05 bits per heavy atom. The van der Waals surface area contributed by atoms with Gasteiger partial charge in [-0.25, -0.2) is 12.8 Å². The lowest BCUT2D eigenvalue weighted by molar-refractivity contribution is 0.0852. The molecule has 1 unspecified atom stereocenters.